The van der Waals surface area contributed by atoms with Crippen molar-refractivity contribution in [3.8, 4) is 0 Å². The zero-order valence-corrected chi connectivity index (χ0v) is 12.6. The van der Waals surface area contributed by atoms with E-state index in [0.29, 0.717) is 0 Å². The molecule has 1 aliphatic heterocycles. The van der Waals surface area contributed by atoms with Crippen molar-refractivity contribution in [2.45, 2.75) is 25.8 Å². The predicted molar refractivity (Wildman–Crippen MR) is 82.4 cm³/mol. The molecule has 0 radical (unpaired) electrons. The molecule has 3 aromatic heterocycles. The van der Waals surface area contributed by atoms with Gasteiger partial charge in [-0.2, -0.15) is 5.10 Å². The number of aromatic nitrogens is 6. The van der Waals surface area contributed by atoms with Crippen molar-refractivity contribution in [1.29, 1.82) is 0 Å². The molecule has 22 heavy (non-hydrogen) atoms. The van der Waals surface area contributed by atoms with Gasteiger partial charge in [0.15, 0.2) is 11.5 Å². The van der Waals surface area contributed by atoms with E-state index in [9.17, 15) is 0 Å². The molecule has 0 aliphatic carbocycles. The predicted octanol–water partition coefficient (Wildman–Crippen LogP) is 1.80. The Balaban J connectivity index is 1.84. The Morgan fingerprint density at radius 2 is 2.00 bits per heavy atom. The molecular weight excluding hydrogens is 278 g/mol. The minimum absolute atomic E-state index is 0.166. The summed E-state index contributed by atoms with van der Waals surface area (Å²) in [4.78, 5) is 20.3. The lowest BCUT2D eigenvalue weighted by Gasteiger charge is -2.25. The van der Waals surface area contributed by atoms with Gasteiger partial charge in [-0.05, 0) is 25.8 Å². The van der Waals surface area contributed by atoms with Crippen molar-refractivity contribution in [3.05, 3.63) is 36.3 Å². The Bertz CT molecular complexity index is 811. The monoisotopic (exact) mass is 295 g/mol. The van der Waals surface area contributed by atoms with Gasteiger partial charge in [0.2, 0.25) is 0 Å². The molecule has 1 fully saturated rings. The summed E-state index contributed by atoms with van der Waals surface area (Å²) in [7, 11) is 1.90. The quantitative estimate of drug-likeness (QED) is 0.718. The molecule has 4 heterocycles. The second-order valence-corrected chi connectivity index (χ2v) is 5.56. The maximum absolute atomic E-state index is 4.68. The fourth-order valence-corrected chi connectivity index (χ4v) is 3.10. The Kier molecular flexibility index (Phi) is 2.99. The highest BCUT2D eigenvalue weighted by Gasteiger charge is 2.31. The lowest BCUT2D eigenvalue weighted by atomic mass is 10.2. The highest BCUT2D eigenvalue weighted by Crippen LogP contribution is 2.36. The lowest BCUT2D eigenvalue weighted by Crippen LogP contribution is -2.25. The number of anilines is 1. The fraction of sp³-hybridized carbons (Fsp3) is 0.400. The molecule has 0 N–H and O–H groups in total. The second kappa shape index (κ2) is 5.01. The van der Waals surface area contributed by atoms with Crippen LogP contribution in [0.2, 0.25) is 0 Å². The van der Waals surface area contributed by atoms with Crippen LogP contribution in [0.15, 0.2) is 24.7 Å². The van der Waals surface area contributed by atoms with Gasteiger partial charge in [0.25, 0.3) is 0 Å². The molecule has 112 valence electrons. The minimum atomic E-state index is 0.166. The van der Waals surface area contributed by atoms with Crippen LogP contribution in [0, 0.1) is 6.92 Å². The van der Waals surface area contributed by atoms with Crippen molar-refractivity contribution in [2.75, 3.05) is 11.4 Å². The molecule has 1 atom stereocenters. The van der Waals surface area contributed by atoms with Gasteiger partial charge >= 0.3 is 0 Å². The summed E-state index contributed by atoms with van der Waals surface area (Å²) in [6.07, 6.45) is 7.57. The highest BCUT2D eigenvalue weighted by atomic mass is 15.3. The number of nitrogens with zero attached hydrogens (tertiary/aromatic N) is 7. The van der Waals surface area contributed by atoms with Crippen molar-refractivity contribution < 1.29 is 0 Å². The van der Waals surface area contributed by atoms with Crippen LogP contribution in [-0.2, 0) is 7.05 Å². The van der Waals surface area contributed by atoms with Gasteiger partial charge in [-0.3, -0.25) is 4.68 Å². The number of fused-ring (bicyclic) bond motifs is 1. The summed E-state index contributed by atoms with van der Waals surface area (Å²) in [6, 6.07) is 2.01. The molecule has 7 nitrogen and oxygen atoms in total. The van der Waals surface area contributed by atoms with E-state index in [2.05, 4.69) is 29.9 Å². The van der Waals surface area contributed by atoms with Gasteiger partial charge in [-0.1, -0.05) is 0 Å². The normalized spacial score (nSPS) is 18.3. The van der Waals surface area contributed by atoms with Crippen LogP contribution in [0.25, 0.3) is 11.0 Å². The Hall–Kier alpha value is -2.57. The van der Waals surface area contributed by atoms with Crippen molar-refractivity contribution in [1.82, 2.24) is 29.7 Å². The Labute approximate surface area is 128 Å². The standard InChI is InChI=1S/C15H17N7/c1-10-19-14-11(9-18-21(14)2)15(20-10)22-8-3-5-12(22)13-16-6-4-7-17-13/h4,6-7,9,12H,3,5,8H2,1-2H3. The summed E-state index contributed by atoms with van der Waals surface area (Å²) < 4.78 is 1.79. The first kappa shape index (κ1) is 13.1. The SMILES string of the molecule is Cc1nc(N2CCCC2c2ncccn2)c2cnn(C)c2n1. The fourth-order valence-electron chi connectivity index (χ4n) is 3.10. The van der Waals surface area contributed by atoms with Gasteiger partial charge in [0, 0.05) is 26.0 Å². The van der Waals surface area contributed by atoms with Crippen LogP contribution >= 0.6 is 0 Å². The molecule has 0 saturated carbocycles. The summed E-state index contributed by atoms with van der Waals surface area (Å²) in [5.41, 5.74) is 0.863. The average Bonchev–Trinajstić information content (AvgIpc) is 3.15. The van der Waals surface area contributed by atoms with E-state index in [1.165, 1.54) is 0 Å². The third-order valence-corrected chi connectivity index (χ3v) is 4.09. The second-order valence-electron chi connectivity index (χ2n) is 5.56. The van der Waals surface area contributed by atoms with Crippen LogP contribution in [0.1, 0.15) is 30.5 Å². The van der Waals surface area contributed by atoms with Crippen molar-refractivity contribution >= 4 is 16.9 Å². The van der Waals surface area contributed by atoms with E-state index in [4.69, 9.17) is 0 Å². The molecule has 1 aliphatic rings. The zero-order chi connectivity index (χ0) is 15.1. The van der Waals surface area contributed by atoms with Crippen molar-refractivity contribution in [2.24, 2.45) is 7.05 Å². The van der Waals surface area contributed by atoms with Crippen LogP contribution in [0.5, 0.6) is 0 Å². The minimum Gasteiger partial charge on any atom is -0.346 e. The first-order valence-corrected chi connectivity index (χ1v) is 7.44. The maximum atomic E-state index is 4.68. The largest absolute Gasteiger partial charge is 0.346 e. The molecular formula is C15H17N7. The Morgan fingerprint density at radius 3 is 2.82 bits per heavy atom. The van der Waals surface area contributed by atoms with Gasteiger partial charge in [-0.15, -0.1) is 0 Å². The van der Waals surface area contributed by atoms with E-state index in [1.54, 1.807) is 17.1 Å². The highest BCUT2D eigenvalue weighted by molar-refractivity contribution is 5.87. The van der Waals surface area contributed by atoms with Gasteiger partial charge in [0.1, 0.15) is 11.6 Å². The van der Waals surface area contributed by atoms with Crippen LogP contribution < -0.4 is 4.90 Å². The molecule has 3 aromatic rings. The molecule has 0 bridgehead atoms. The number of hydrogen-bond acceptors (Lipinski definition) is 6. The number of hydrogen-bond donors (Lipinski definition) is 0. The zero-order valence-electron chi connectivity index (χ0n) is 12.6. The van der Waals surface area contributed by atoms with Gasteiger partial charge < -0.3 is 4.90 Å². The molecule has 0 aromatic carbocycles. The topological polar surface area (TPSA) is 72.6 Å². The van der Waals surface area contributed by atoms with E-state index < -0.39 is 0 Å². The number of aryl methyl sites for hydroxylation is 2. The molecule has 1 unspecified atom stereocenters. The summed E-state index contributed by atoms with van der Waals surface area (Å²) in [6.45, 7) is 2.86. The van der Waals surface area contributed by atoms with Gasteiger partial charge in [-0.25, -0.2) is 19.9 Å². The molecule has 0 spiro atoms. The summed E-state index contributed by atoms with van der Waals surface area (Å²) in [5, 5.41) is 5.31. The van der Waals surface area contributed by atoms with E-state index in [0.717, 1.165) is 47.9 Å². The third kappa shape index (κ3) is 2.01. The summed E-state index contributed by atoms with van der Waals surface area (Å²) in [5.74, 6) is 2.55. The molecule has 7 heteroatoms. The summed E-state index contributed by atoms with van der Waals surface area (Å²) >= 11 is 0. The number of rotatable bonds is 2. The van der Waals surface area contributed by atoms with E-state index in [-0.39, 0.29) is 6.04 Å². The molecule has 1 saturated heterocycles. The van der Waals surface area contributed by atoms with E-state index in [1.807, 2.05) is 26.2 Å². The Morgan fingerprint density at radius 1 is 1.18 bits per heavy atom. The van der Waals surface area contributed by atoms with E-state index >= 15 is 0 Å². The van der Waals surface area contributed by atoms with Crippen LogP contribution in [0.4, 0.5) is 5.82 Å². The lowest BCUT2D eigenvalue weighted by molar-refractivity contribution is 0.660. The first-order chi connectivity index (χ1) is 10.7. The maximum Gasteiger partial charge on any atom is 0.163 e. The van der Waals surface area contributed by atoms with Crippen LogP contribution in [0.3, 0.4) is 0 Å². The smallest absolute Gasteiger partial charge is 0.163 e. The third-order valence-electron chi connectivity index (χ3n) is 4.09. The molecule has 4 rings (SSSR count). The van der Waals surface area contributed by atoms with Crippen molar-refractivity contribution in [3.63, 3.8) is 0 Å². The van der Waals surface area contributed by atoms with Crippen LogP contribution in [-0.4, -0.2) is 36.3 Å². The van der Waals surface area contributed by atoms with Gasteiger partial charge in [0.05, 0.1) is 17.6 Å². The average molecular weight is 295 g/mol. The first-order valence-electron chi connectivity index (χ1n) is 7.44. The molecule has 0 amide bonds.